The Morgan fingerprint density at radius 1 is 1.19 bits per heavy atom. The average molecular weight is 438 g/mol. The summed E-state index contributed by atoms with van der Waals surface area (Å²) in [5, 5.41) is 10.9. The van der Waals surface area contributed by atoms with E-state index in [4.69, 9.17) is 10.5 Å². The van der Waals surface area contributed by atoms with Crippen LogP contribution >= 0.6 is 0 Å². The van der Waals surface area contributed by atoms with Gasteiger partial charge >= 0.3 is 5.97 Å². The van der Waals surface area contributed by atoms with Crippen LogP contribution < -0.4 is 10.6 Å². The molecular weight excluding hydrogens is 410 g/mol. The fraction of sp³-hybridized carbons (Fsp3) is 0.478. The van der Waals surface area contributed by atoms with E-state index in [0.717, 1.165) is 49.0 Å². The quantitative estimate of drug-likeness (QED) is 0.692. The van der Waals surface area contributed by atoms with Gasteiger partial charge in [-0.05, 0) is 62.5 Å². The Hall–Kier alpha value is -3.04. The maximum absolute atomic E-state index is 13.2. The lowest BCUT2D eigenvalue weighted by atomic mass is 9.77. The molecule has 4 heterocycles. The van der Waals surface area contributed by atoms with Crippen molar-refractivity contribution in [1.82, 2.24) is 14.9 Å². The lowest BCUT2D eigenvalue weighted by Gasteiger charge is -2.38. The van der Waals surface area contributed by atoms with Gasteiger partial charge < -0.3 is 20.5 Å². The Morgan fingerprint density at radius 2 is 1.94 bits per heavy atom. The van der Waals surface area contributed by atoms with Gasteiger partial charge in [0.15, 0.2) is 0 Å². The molecule has 1 amide bonds. The van der Waals surface area contributed by atoms with Crippen LogP contribution in [-0.4, -0.2) is 58.0 Å². The number of fused-ring (bicyclic) bond motifs is 1. The summed E-state index contributed by atoms with van der Waals surface area (Å²) in [4.78, 5) is 37.0. The van der Waals surface area contributed by atoms with Crippen LogP contribution in [0.5, 0.6) is 0 Å². The lowest BCUT2D eigenvalue weighted by molar-refractivity contribution is -0.128. The topological polar surface area (TPSA) is 122 Å². The summed E-state index contributed by atoms with van der Waals surface area (Å²) in [6, 6.07) is 5.28. The number of esters is 1. The molecule has 1 spiro atoms. The van der Waals surface area contributed by atoms with Gasteiger partial charge in [0.05, 0.1) is 17.1 Å². The van der Waals surface area contributed by atoms with E-state index >= 15 is 0 Å². The Labute approximate surface area is 186 Å². The highest BCUT2D eigenvalue weighted by atomic mass is 16.5. The highest BCUT2D eigenvalue weighted by Crippen LogP contribution is 2.43. The Morgan fingerprint density at radius 3 is 2.69 bits per heavy atom. The van der Waals surface area contributed by atoms with Crippen molar-refractivity contribution in [3.8, 4) is 0 Å². The average Bonchev–Trinajstić information content (AvgIpc) is 3.31. The van der Waals surface area contributed by atoms with Crippen molar-refractivity contribution in [3.05, 3.63) is 46.6 Å². The van der Waals surface area contributed by atoms with Gasteiger partial charge in [0.2, 0.25) is 11.9 Å². The number of amides is 1. The molecule has 1 aromatic heterocycles. The number of hydrogen-bond donors (Lipinski definition) is 2. The maximum atomic E-state index is 13.2. The van der Waals surface area contributed by atoms with Gasteiger partial charge in [-0.15, -0.1) is 0 Å². The van der Waals surface area contributed by atoms with Gasteiger partial charge in [-0.25, -0.2) is 9.78 Å². The first-order chi connectivity index (χ1) is 15.4. The molecular formula is C23H27N5O4. The number of likely N-dealkylation sites (tertiary alicyclic amines) is 1. The summed E-state index contributed by atoms with van der Waals surface area (Å²) in [7, 11) is 0. The summed E-state index contributed by atoms with van der Waals surface area (Å²) < 4.78 is 5.12. The molecule has 1 atom stereocenters. The van der Waals surface area contributed by atoms with Crippen molar-refractivity contribution < 1.29 is 19.4 Å². The first-order valence-electron chi connectivity index (χ1n) is 11.0. The number of β-amino-alcohol motifs (C(OH)–C–C–N with tert-alkyl or cyclic N) is 1. The van der Waals surface area contributed by atoms with Crippen molar-refractivity contribution in [2.24, 2.45) is 5.41 Å². The van der Waals surface area contributed by atoms with Gasteiger partial charge in [-0.1, -0.05) is 6.07 Å². The number of ether oxygens (including phenoxy) is 1. The van der Waals surface area contributed by atoms with Gasteiger partial charge in [0.25, 0.3) is 0 Å². The smallest absolute Gasteiger partial charge is 0.338 e. The predicted molar refractivity (Wildman–Crippen MR) is 117 cm³/mol. The minimum atomic E-state index is -0.662. The standard InChI is InChI=1S/C23H27N5O4/c1-14-15(2-3-16-17(14)13-32-20(16)30)18(29)12-27-9-5-23(6-10-27)7-11-28(21(23)31)19-4-8-25-22(24)26-19/h2-4,8,18,29H,5-7,9-13H2,1H3,(H2,24,25,26)/t18-/m0/s1. The molecule has 5 rings (SSSR count). The molecule has 0 radical (unpaired) electrons. The summed E-state index contributed by atoms with van der Waals surface area (Å²) in [5.41, 5.74) is 8.51. The van der Waals surface area contributed by atoms with E-state index in [9.17, 15) is 14.7 Å². The van der Waals surface area contributed by atoms with Crippen molar-refractivity contribution >= 4 is 23.6 Å². The zero-order valence-electron chi connectivity index (χ0n) is 18.1. The first-order valence-corrected chi connectivity index (χ1v) is 11.0. The molecule has 3 aliphatic rings. The van der Waals surface area contributed by atoms with Crippen LogP contribution in [0, 0.1) is 12.3 Å². The number of piperidine rings is 1. The molecule has 9 nitrogen and oxygen atoms in total. The number of cyclic esters (lactones) is 1. The monoisotopic (exact) mass is 437 g/mol. The largest absolute Gasteiger partial charge is 0.457 e. The van der Waals surface area contributed by atoms with E-state index in [2.05, 4.69) is 14.9 Å². The third kappa shape index (κ3) is 3.41. The number of hydrogen-bond acceptors (Lipinski definition) is 8. The number of aliphatic hydroxyl groups is 1. The van der Waals surface area contributed by atoms with Crippen LogP contribution in [0.25, 0.3) is 0 Å². The molecule has 0 aliphatic carbocycles. The fourth-order valence-electron chi connectivity index (χ4n) is 5.25. The molecule has 2 fully saturated rings. The van der Waals surface area contributed by atoms with E-state index in [1.54, 1.807) is 23.2 Å². The SMILES string of the molecule is Cc1c([C@@H](O)CN2CCC3(CC2)CCN(c2ccnc(N)n2)C3=O)ccc2c1COC2=O. The molecule has 3 aliphatic heterocycles. The second-order valence-electron chi connectivity index (χ2n) is 8.96. The molecule has 0 bridgehead atoms. The summed E-state index contributed by atoms with van der Waals surface area (Å²) in [6.07, 6.45) is 3.21. The van der Waals surface area contributed by atoms with E-state index in [1.165, 1.54) is 0 Å². The van der Waals surface area contributed by atoms with Gasteiger partial charge in [-0.2, -0.15) is 4.98 Å². The maximum Gasteiger partial charge on any atom is 0.338 e. The van der Waals surface area contributed by atoms with E-state index < -0.39 is 6.10 Å². The van der Waals surface area contributed by atoms with Crippen molar-refractivity contribution in [1.29, 1.82) is 0 Å². The van der Waals surface area contributed by atoms with E-state index in [0.29, 0.717) is 24.5 Å². The summed E-state index contributed by atoms with van der Waals surface area (Å²) in [5.74, 6) is 0.532. The van der Waals surface area contributed by atoms with Gasteiger partial charge in [-0.3, -0.25) is 9.69 Å². The van der Waals surface area contributed by atoms with Crippen molar-refractivity contribution in [3.63, 3.8) is 0 Å². The molecule has 0 unspecified atom stereocenters. The highest BCUT2D eigenvalue weighted by molar-refractivity contribution is 5.99. The van der Waals surface area contributed by atoms with E-state index in [-0.39, 0.29) is 29.8 Å². The number of nitrogen functional groups attached to an aromatic ring is 1. The van der Waals surface area contributed by atoms with Crippen LogP contribution in [0.3, 0.4) is 0 Å². The minimum Gasteiger partial charge on any atom is -0.457 e. The van der Waals surface area contributed by atoms with Crippen molar-refractivity contribution in [2.75, 3.05) is 36.8 Å². The molecule has 9 heteroatoms. The molecule has 2 saturated heterocycles. The molecule has 0 saturated carbocycles. The number of carbonyl (C=O) groups excluding carboxylic acids is 2. The highest BCUT2D eigenvalue weighted by Gasteiger charge is 2.49. The fourth-order valence-corrected chi connectivity index (χ4v) is 5.25. The lowest BCUT2D eigenvalue weighted by Crippen LogP contribution is -2.45. The second kappa shape index (κ2) is 7.83. The van der Waals surface area contributed by atoms with Crippen LogP contribution in [0.1, 0.15) is 52.4 Å². The molecule has 32 heavy (non-hydrogen) atoms. The second-order valence-corrected chi connectivity index (χ2v) is 8.96. The number of nitrogens with two attached hydrogens (primary N) is 1. The molecule has 2 aromatic rings. The van der Waals surface area contributed by atoms with Crippen LogP contribution in [-0.2, 0) is 16.1 Å². The Kier molecular flexibility index (Phi) is 5.10. The Bertz CT molecular complexity index is 1080. The number of anilines is 2. The number of aliphatic hydroxyl groups excluding tert-OH is 1. The molecule has 1 aromatic carbocycles. The van der Waals surface area contributed by atoms with Crippen LogP contribution in [0.15, 0.2) is 24.4 Å². The number of aromatic nitrogens is 2. The summed E-state index contributed by atoms with van der Waals surface area (Å²) in [6.45, 7) is 4.81. The number of rotatable bonds is 4. The first kappa shape index (κ1) is 20.8. The normalized spacial score (nSPS) is 21.1. The zero-order valence-corrected chi connectivity index (χ0v) is 18.1. The molecule has 168 valence electrons. The number of nitrogens with zero attached hydrogens (tertiary/aromatic N) is 4. The third-order valence-electron chi connectivity index (χ3n) is 7.26. The minimum absolute atomic E-state index is 0.106. The summed E-state index contributed by atoms with van der Waals surface area (Å²) >= 11 is 0. The molecule has 3 N–H and O–H groups in total. The van der Waals surface area contributed by atoms with Crippen LogP contribution in [0.4, 0.5) is 11.8 Å². The number of carbonyl (C=O) groups is 2. The van der Waals surface area contributed by atoms with E-state index in [1.807, 2.05) is 13.0 Å². The number of benzene rings is 1. The van der Waals surface area contributed by atoms with Crippen molar-refractivity contribution in [2.45, 2.75) is 38.9 Å². The van der Waals surface area contributed by atoms with Gasteiger partial charge in [0, 0.05) is 24.8 Å². The van der Waals surface area contributed by atoms with Gasteiger partial charge in [0.1, 0.15) is 12.4 Å². The predicted octanol–water partition coefficient (Wildman–Crippen LogP) is 1.59. The zero-order chi connectivity index (χ0) is 22.5. The third-order valence-corrected chi connectivity index (χ3v) is 7.26. The van der Waals surface area contributed by atoms with Crippen LogP contribution in [0.2, 0.25) is 0 Å². The Balaban J connectivity index is 1.23.